The third-order valence-corrected chi connectivity index (χ3v) is 3.28. The molecule has 0 aliphatic carbocycles. The van der Waals surface area contributed by atoms with Gasteiger partial charge in [-0.2, -0.15) is 5.10 Å². The molecule has 0 fully saturated rings. The van der Waals surface area contributed by atoms with Crippen molar-refractivity contribution in [3.63, 3.8) is 0 Å². The minimum Gasteiger partial charge on any atom is -0.369 e. The summed E-state index contributed by atoms with van der Waals surface area (Å²) in [4.78, 5) is 4.13. The molecule has 0 saturated carbocycles. The first-order valence-corrected chi connectivity index (χ1v) is 6.28. The van der Waals surface area contributed by atoms with Crippen molar-refractivity contribution in [2.75, 3.05) is 5.73 Å². The van der Waals surface area contributed by atoms with E-state index in [0.29, 0.717) is 29.3 Å². The van der Waals surface area contributed by atoms with Crippen molar-refractivity contribution in [1.29, 1.82) is 0 Å². The average molecular weight is 295 g/mol. The highest BCUT2D eigenvalue weighted by Gasteiger charge is 2.22. The zero-order valence-electron chi connectivity index (χ0n) is 11.4. The number of hydrogen-bond acceptors (Lipinski definition) is 3. The van der Waals surface area contributed by atoms with Crippen LogP contribution in [0.15, 0.2) is 12.1 Å². The summed E-state index contributed by atoms with van der Waals surface area (Å²) in [6.45, 7) is 1.89. The molecule has 1 aromatic carbocycles. The van der Waals surface area contributed by atoms with Crippen LogP contribution in [0.3, 0.4) is 0 Å². The van der Waals surface area contributed by atoms with E-state index in [1.54, 1.807) is 7.05 Å². The van der Waals surface area contributed by atoms with E-state index >= 15 is 0 Å². The molecule has 8 heteroatoms. The fourth-order valence-electron chi connectivity index (χ4n) is 2.38. The van der Waals surface area contributed by atoms with Crippen LogP contribution < -0.4 is 5.73 Å². The van der Waals surface area contributed by atoms with Gasteiger partial charge in [0.25, 0.3) is 0 Å². The van der Waals surface area contributed by atoms with Crippen LogP contribution in [-0.4, -0.2) is 19.3 Å². The van der Waals surface area contributed by atoms with Crippen LogP contribution >= 0.6 is 0 Å². The number of aryl methyl sites for hydroxylation is 2. The van der Waals surface area contributed by atoms with E-state index in [0.717, 1.165) is 10.6 Å². The van der Waals surface area contributed by atoms with Crippen molar-refractivity contribution in [2.24, 2.45) is 7.05 Å². The largest absolute Gasteiger partial charge is 0.369 e. The minimum atomic E-state index is -1.29. The van der Waals surface area contributed by atoms with Crippen LogP contribution in [0.1, 0.15) is 12.6 Å². The topological polar surface area (TPSA) is 61.7 Å². The van der Waals surface area contributed by atoms with Crippen LogP contribution in [-0.2, 0) is 13.5 Å². The molecule has 5 nitrogen and oxygen atoms in total. The number of nitrogens with zero attached hydrogens (tertiary/aromatic N) is 4. The molecule has 0 atom stereocenters. The summed E-state index contributed by atoms with van der Waals surface area (Å²) in [6.07, 6.45) is 0.605. The Morgan fingerprint density at radius 1 is 1.24 bits per heavy atom. The highest BCUT2D eigenvalue weighted by atomic mass is 19.2. The highest BCUT2D eigenvalue weighted by molar-refractivity contribution is 5.80. The lowest BCUT2D eigenvalue weighted by atomic mass is 10.2. The molecule has 2 heterocycles. The molecule has 0 saturated heterocycles. The van der Waals surface area contributed by atoms with E-state index in [4.69, 9.17) is 5.73 Å². The van der Waals surface area contributed by atoms with Crippen LogP contribution in [0.4, 0.5) is 19.1 Å². The number of imidazole rings is 1. The van der Waals surface area contributed by atoms with E-state index in [1.165, 1.54) is 4.68 Å². The van der Waals surface area contributed by atoms with Crippen molar-refractivity contribution in [2.45, 2.75) is 13.3 Å². The molecule has 3 aromatic rings. The van der Waals surface area contributed by atoms with Gasteiger partial charge in [0.2, 0.25) is 5.95 Å². The SMILES string of the molecule is CCc1nn(C)c2c1nc(N)n2-c1cc(F)cc(F)c1F. The maximum atomic E-state index is 14.0. The second kappa shape index (κ2) is 4.51. The Balaban J connectivity index is 2.41. The first kappa shape index (κ1) is 13.5. The number of benzene rings is 1. The van der Waals surface area contributed by atoms with E-state index in [1.807, 2.05) is 6.92 Å². The average Bonchev–Trinajstić information content (AvgIpc) is 2.91. The fraction of sp³-hybridized carbons (Fsp3) is 0.231. The number of fused-ring (bicyclic) bond motifs is 1. The first-order valence-electron chi connectivity index (χ1n) is 6.28. The Morgan fingerprint density at radius 3 is 2.62 bits per heavy atom. The Morgan fingerprint density at radius 2 is 1.95 bits per heavy atom. The summed E-state index contributed by atoms with van der Waals surface area (Å²) >= 11 is 0. The highest BCUT2D eigenvalue weighted by Crippen LogP contribution is 2.28. The zero-order valence-corrected chi connectivity index (χ0v) is 11.4. The van der Waals surface area contributed by atoms with Gasteiger partial charge in [-0.3, -0.25) is 4.57 Å². The van der Waals surface area contributed by atoms with Crippen molar-refractivity contribution in [3.8, 4) is 5.69 Å². The van der Waals surface area contributed by atoms with Gasteiger partial charge in [-0.1, -0.05) is 6.92 Å². The Labute approximate surface area is 117 Å². The molecule has 0 amide bonds. The standard InChI is InChI=1S/C13H12F3N5/c1-3-8-11-12(20(2)19-8)21(13(17)18-11)9-5-6(14)4-7(15)10(9)16/h4-5H,3H2,1-2H3,(H2,17,18). The molecule has 21 heavy (non-hydrogen) atoms. The quantitative estimate of drug-likeness (QED) is 0.738. The van der Waals surface area contributed by atoms with Gasteiger partial charge in [0.1, 0.15) is 11.3 Å². The molecule has 0 aliphatic rings. The zero-order chi connectivity index (χ0) is 15.3. The number of nitrogens with two attached hydrogens (primary N) is 1. The summed E-state index contributed by atoms with van der Waals surface area (Å²) in [6, 6.07) is 1.35. The summed E-state index contributed by atoms with van der Waals surface area (Å²) in [5, 5.41) is 4.24. The number of rotatable bonds is 2. The van der Waals surface area contributed by atoms with E-state index in [-0.39, 0.29) is 11.6 Å². The van der Waals surface area contributed by atoms with Crippen molar-refractivity contribution < 1.29 is 13.2 Å². The summed E-state index contributed by atoms with van der Waals surface area (Å²) in [7, 11) is 1.63. The summed E-state index contributed by atoms with van der Waals surface area (Å²) in [5.41, 5.74) is 7.00. The number of halogens is 3. The molecule has 2 N–H and O–H groups in total. The van der Waals surface area contributed by atoms with E-state index < -0.39 is 17.5 Å². The maximum absolute atomic E-state index is 14.0. The first-order chi connectivity index (χ1) is 9.93. The molecule has 0 spiro atoms. The van der Waals surface area contributed by atoms with Crippen molar-refractivity contribution in [1.82, 2.24) is 19.3 Å². The second-order valence-electron chi connectivity index (χ2n) is 4.62. The Hall–Kier alpha value is -2.51. The predicted octanol–water partition coefficient (Wildman–Crippen LogP) is 2.32. The van der Waals surface area contributed by atoms with Crippen LogP contribution in [0.25, 0.3) is 16.9 Å². The van der Waals surface area contributed by atoms with Gasteiger partial charge in [0, 0.05) is 19.2 Å². The van der Waals surface area contributed by atoms with Crippen LogP contribution in [0, 0.1) is 17.5 Å². The predicted molar refractivity (Wildman–Crippen MR) is 71.5 cm³/mol. The summed E-state index contributed by atoms with van der Waals surface area (Å²) < 4.78 is 43.4. The molecular formula is C13H12F3N5. The van der Waals surface area contributed by atoms with Crippen LogP contribution in [0.5, 0.6) is 0 Å². The maximum Gasteiger partial charge on any atom is 0.207 e. The minimum absolute atomic E-state index is 0.0587. The fourth-order valence-corrected chi connectivity index (χ4v) is 2.38. The molecule has 2 aromatic heterocycles. The Kier molecular flexibility index (Phi) is 2.89. The summed E-state index contributed by atoms with van der Waals surface area (Å²) in [5.74, 6) is -3.44. The third-order valence-electron chi connectivity index (χ3n) is 3.28. The van der Waals surface area contributed by atoms with Crippen molar-refractivity contribution in [3.05, 3.63) is 35.3 Å². The smallest absolute Gasteiger partial charge is 0.207 e. The monoisotopic (exact) mass is 295 g/mol. The van der Waals surface area contributed by atoms with Gasteiger partial charge in [-0.15, -0.1) is 0 Å². The van der Waals surface area contributed by atoms with Gasteiger partial charge < -0.3 is 5.73 Å². The number of anilines is 1. The van der Waals surface area contributed by atoms with E-state index in [9.17, 15) is 13.2 Å². The number of aromatic nitrogens is 4. The molecule has 3 rings (SSSR count). The molecule has 0 unspecified atom stereocenters. The second-order valence-corrected chi connectivity index (χ2v) is 4.62. The van der Waals surface area contributed by atoms with Gasteiger partial charge in [0.15, 0.2) is 17.3 Å². The molecular weight excluding hydrogens is 283 g/mol. The molecule has 0 radical (unpaired) electrons. The molecule has 110 valence electrons. The van der Waals surface area contributed by atoms with Crippen LogP contribution in [0.2, 0.25) is 0 Å². The lowest BCUT2D eigenvalue weighted by Gasteiger charge is -2.09. The third kappa shape index (κ3) is 1.86. The van der Waals surface area contributed by atoms with Gasteiger partial charge in [-0.25, -0.2) is 22.8 Å². The molecule has 0 bridgehead atoms. The lowest BCUT2D eigenvalue weighted by Crippen LogP contribution is -2.08. The molecule has 0 aliphatic heterocycles. The van der Waals surface area contributed by atoms with Crippen molar-refractivity contribution >= 4 is 17.1 Å². The lowest BCUT2D eigenvalue weighted by molar-refractivity contribution is 0.491. The number of nitrogen functional groups attached to an aromatic ring is 1. The number of hydrogen-bond donors (Lipinski definition) is 1. The van der Waals surface area contributed by atoms with Gasteiger partial charge in [0.05, 0.1) is 11.4 Å². The Bertz CT molecular complexity index is 849. The van der Waals surface area contributed by atoms with Gasteiger partial charge in [-0.05, 0) is 6.42 Å². The normalized spacial score (nSPS) is 11.5. The van der Waals surface area contributed by atoms with Gasteiger partial charge >= 0.3 is 0 Å². The van der Waals surface area contributed by atoms with E-state index in [2.05, 4.69) is 10.1 Å².